The molecule has 3 nitrogen and oxygen atoms in total. The fraction of sp³-hybridized carbons (Fsp3) is 0.278. The molecule has 3 heteroatoms. The summed E-state index contributed by atoms with van der Waals surface area (Å²) < 4.78 is 5.67. The van der Waals surface area contributed by atoms with E-state index in [1.165, 1.54) is 5.56 Å². The van der Waals surface area contributed by atoms with Gasteiger partial charge in [-0.15, -0.1) is 0 Å². The lowest BCUT2D eigenvalue weighted by Gasteiger charge is -2.24. The molecule has 1 N–H and O–H groups in total. The van der Waals surface area contributed by atoms with Gasteiger partial charge in [-0.05, 0) is 30.5 Å². The van der Waals surface area contributed by atoms with Crippen LogP contribution < -0.4 is 10.1 Å². The lowest BCUT2D eigenvalue weighted by atomic mass is 9.96. The third-order valence-electron chi connectivity index (χ3n) is 3.80. The Morgan fingerprint density at radius 1 is 1.24 bits per heavy atom. The van der Waals surface area contributed by atoms with Crippen molar-refractivity contribution in [1.82, 2.24) is 5.32 Å². The van der Waals surface area contributed by atoms with E-state index < -0.39 is 0 Å². The van der Waals surface area contributed by atoms with E-state index in [2.05, 4.69) is 24.4 Å². The molecule has 0 aliphatic carbocycles. The number of aryl methyl sites for hydroxylation is 1. The smallest absolute Gasteiger partial charge is 0.227 e. The van der Waals surface area contributed by atoms with Gasteiger partial charge in [-0.3, -0.25) is 4.79 Å². The van der Waals surface area contributed by atoms with Crippen LogP contribution in [0.2, 0.25) is 0 Å². The second-order valence-corrected chi connectivity index (χ2v) is 5.53. The standard InChI is InChI=1S/C18H19NO2/c1-13-5-4-6-14(9-13)11-19-18(20)16-10-15-7-2-3-8-17(15)21-12-16/h2-9,16H,10-12H2,1H3,(H,19,20)/t16-/m1/s1. The third kappa shape index (κ3) is 3.24. The molecule has 21 heavy (non-hydrogen) atoms. The monoisotopic (exact) mass is 281 g/mol. The summed E-state index contributed by atoms with van der Waals surface area (Å²) in [4.78, 5) is 12.3. The van der Waals surface area contributed by atoms with Crippen molar-refractivity contribution in [2.45, 2.75) is 19.9 Å². The molecule has 3 rings (SSSR count). The van der Waals surface area contributed by atoms with E-state index in [1.54, 1.807) is 0 Å². The van der Waals surface area contributed by atoms with Gasteiger partial charge in [0, 0.05) is 6.54 Å². The van der Waals surface area contributed by atoms with Gasteiger partial charge < -0.3 is 10.1 Å². The molecule has 2 aromatic carbocycles. The van der Waals surface area contributed by atoms with Crippen molar-refractivity contribution < 1.29 is 9.53 Å². The van der Waals surface area contributed by atoms with Crippen LogP contribution in [0.4, 0.5) is 0 Å². The van der Waals surface area contributed by atoms with Crippen LogP contribution in [0.15, 0.2) is 48.5 Å². The first-order chi connectivity index (χ1) is 10.2. The van der Waals surface area contributed by atoms with Crippen LogP contribution in [0.3, 0.4) is 0 Å². The van der Waals surface area contributed by atoms with Gasteiger partial charge in [0.1, 0.15) is 12.4 Å². The molecule has 1 aliphatic rings. The highest BCUT2D eigenvalue weighted by atomic mass is 16.5. The average molecular weight is 281 g/mol. The van der Waals surface area contributed by atoms with Crippen LogP contribution in [0.25, 0.3) is 0 Å². The van der Waals surface area contributed by atoms with Crippen molar-refractivity contribution in [1.29, 1.82) is 0 Å². The molecule has 108 valence electrons. The molecule has 0 radical (unpaired) electrons. The van der Waals surface area contributed by atoms with E-state index in [9.17, 15) is 4.79 Å². The molecule has 1 atom stereocenters. The summed E-state index contributed by atoms with van der Waals surface area (Å²) in [6.07, 6.45) is 0.746. The number of para-hydroxylation sites is 1. The summed E-state index contributed by atoms with van der Waals surface area (Å²) in [5.41, 5.74) is 3.44. The number of rotatable bonds is 3. The van der Waals surface area contributed by atoms with Crippen molar-refractivity contribution in [3.63, 3.8) is 0 Å². The van der Waals surface area contributed by atoms with Crippen molar-refractivity contribution in [2.24, 2.45) is 5.92 Å². The molecule has 0 saturated heterocycles. The first-order valence-electron chi connectivity index (χ1n) is 7.26. The molecule has 1 heterocycles. The van der Waals surface area contributed by atoms with Crippen molar-refractivity contribution in [3.05, 3.63) is 65.2 Å². The Morgan fingerprint density at radius 3 is 2.95 bits per heavy atom. The van der Waals surface area contributed by atoms with E-state index in [4.69, 9.17) is 4.74 Å². The van der Waals surface area contributed by atoms with Crippen LogP contribution in [-0.4, -0.2) is 12.5 Å². The van der Waals surface area contributed by atoms with Crippen LogP contribution in [0, 0.1) is 12.8 Å². The maximum Gasteiger partial charge on any atom is 0.227 e. The number of benzene rings is 2. The number of ether oxygens (including phenoxy) is 1. The average Bonchev–Trinajstić information content (AvgIpc) is 2.52. The lowest BCUT2D eigenvalue weighted by Crippen LogP contribution is -2.37. The van der Waals surface area contributed by atoms with Gasteiger partial charge >= 0.3 is 0 Å². The minimum absolute atomic E-state index is 0.0611. The van der Waals surface area contributed by atoms with Crippen molar-refractivity contribution in [3.8, 4) is 5.75 Å². The summed E-state index contributed by atoms with van der Waals surface area (Å²) in [7, 11) is 0. The van der Waals surface area contributed by atoms with Gasteiger partial charge in [-0.25, -0.2) is 0 Å². The molecule has 0 saturated carbocycles. The topological polar surface area (TPSA) is 38.3 Å². The van der Waals surface area contributed by atoms with E-state index in [0.29, 0.717) is 13.2 Å². The number of fused-ring (bicyclic) bond motifs is 1. The molecule has 1 amide bonds. The second-order valence-electron chi connectivity index (χ2n) is 5.53. The first-order valence-corrected chi connectivity index (χ1v) is 7.26. The maximum absolute atomic E-state index is 12.3. The highest BCUT2D eigenvalue weighted by molar-refractivity contribution is 5.79. The molecule has 2 aromatic rings. The SMILES string of the molecule is Cc1cccc(CNC(=O)[C@H]2COc3ccccc3C2)c1. The quantitative estimate of drug-likeness (QED) is 0.939. The van der Waals surface area contributed by atoms with Gasteiger partial charge in [-0.2, -0.15) is 0 Å². The number of hydrogen-bond donors (Lipinski definition) is 1. The number of hydrogen-bond acceptors (Lipinski definition) is 2. The highest BCUT2D eigenvalue weighted by Crippen LogP contribution is 2.26. The van der Waals surface area contributed by atoms with E-state index in [-0.39, 0.29) is 11.8 Å². The Kier molecular flexibility index (Phi) is 3.91. The Bertz CT molecular complexity index is 651. The zero-order chi connectivity index (χ0) is 14.7. The Hall–Kier alpha value is -2.29. The summed E-state index contributed by atoms with van der Waals surface area (Å²) in [5, 5.41) is 3.01. The summed E-state index contributed by atoms with van der Waals surface area (Å²) in [5.74, 6) is 0.857. The largest absolute Gasteiger partial charge is 0.492 e. The van der Waals surface area contributed by atoms with Crippen LogP contribution in [0.1, 0.15) is 16.7 Å². The predicted molar refractivity (Wildman–Crippen MR) is 82.2 cm³/mol. The fourth-order valence-corrected chi connectivity index (χ4v) is 2.65. The van der Waals surface area contributed by atoms with E-state index in [0.717, 1.165) is 23.3 Å². The first kappa shape index (κ1) is 13.7. The minimum Gasteiger partial charge on any atom is -0.492 e. The molecule has 0 spiro atoms. The fourth-order valence-electron chi connectivity index (χ4n) is 2.65. The van der Waals surface area contributed by atoms with Crippen molar-refractivity contribution in [2.75, 3.05) is 6.61 Å². The molecular formula is C18H19NO2. The predicted octanol–water partition coefficient (Wildman–Crippen LogP) is 2.86. The molecular weight excluding hydrogens is 262 g/mol. The summed E-state index contributed by atoms with van der Waals surface area (Å²) in [6.45, 7) is 3.08. The van der Waals surface area contributed by atoms with Gasteiger partial charge in [0.25, 0.3) is 0 Å². The normalized spacial score (nSPS) is 16.7. The molecule has 0 bridgehead atoms. The van der Waals surface area contributed by atoms with Gasteiger partial charge in [0.2, 0.25) is 5.91 Å². The van der Waals surface area contributed by atoms with E-state index >= 15 is 0 Å². The van der Waals surface area contributed by atoms with Crippen LogP contribution >= 0.6 is 0 Å². The number of amides is 1. The zero-order valence-corrected chi connectivity index (χ0v) is 12.1. The molecule has 0 aromatic heterocycles. The number of carbonyl (C=O) groups is 1. The van der Waals surface area contributed by atoms with Crippen LogP contribution in [0.5, 0.6) is 5.75 Å². The summed E-state index contributed by atoms with van der Waals surface area (Å²) in [6, 6.07) is 16.1. The summed E-state index contributed by atoms with van der Waals surface area (Å²) >= 11 is 0. The molecule has 1 aliphatic heterocycles. The Labute approximate surface area is 124 Å². The van der Waals surface area contributed by atoms with Crippen molar-refractivity contribution >= 4 is 5.91 Å². The molecule has 0 fully saturated rings. The zero-order valence-electron chi connectivity index (χ0n) is 12.1. The Morgan fingerprint density at radius 2 is 2.10 bits per heavy atom. The third-order valence-corrected chi connectivity index (χ3v) is 3.80. The van der Waals surface area contributed by atoms with E-state index in [1.807, 2.05) is 36.4 Å². The highest BCUT2D eigenvalue weighted by Gasteiger charge is 2.25. The minimum atomic E-state index is -0.107. The second kappa shape index (κ2) is 6.00. The lowest BCUT2D eigenvalue weighted by molar-refractivity contribution is -0.126. The Balaban J connectivity index is 1.59. The van der Waals surface area contributed by atoms with Crippen LogP contribution in [-0.2, 0) is 17.8 Å². The van der Waals surface area contributed by atoms with Gasteiger partial charge in [0.05, 0.1) is 5.92 Å². The maximum atomic E-state index is 12.3. The number of carbonyl (C=O) groups excluding carboxylic acids is 1. The number of nitrogens with one attached hydrogen (secondary N) is 1. The molecule has 0 unspecified atom stereocenters. The van der Waals surface area contributed by atoms with Gasteiger partial charge in [0.15, 0.2) is 0 Å². The van der Waals surface area contributed by atoms with Gasteiger partial charge in [-0.1, -0.05) is 48.0 Å².